The minimum Gasteiger partial charge on any atom is -0.497 e. The fourth-order valence-corrected chi connectivity index (χ4v) is 3.22. The molecule has 0 N–H and O–H groups in total. The van der Waals surface area contributed by atoms with Crippen LogP contribution in [-0.2, 0) is 16.8 Å². The largest absolute Gasteiger partial charge is 0.497 e. The Balaban J connectivity index is 2.86. The molecule has 6 heteroatoms. The SMILES string of the molecule is CCN(CC)S(=O)(=O)N(C)Cc1cccc(OC)c1. The van der Waals surface area contributed by atoms with Gasteiger partial charge < -0.3 is 4.74 Å². The molecular weight excluding hydrogens is 264 g/mol. The molecule has 0 spiro atoms. The maximum atomic E-state index is 12.3. The maximum absolute atomic E-state index is 12.3. The van der Waals surface area contributed by atoms with Gasteiger partial charge in [-0.25, -0.2) is 0 Å². The third-order valence-electron chi connectivity index (χ3n) is 2.96. The Hall–Kier alpha value is -1.11. The van der Waals surface area contributed by atoms with Crippen molar-refractivity contribution in [3.05, 3.63) is 29.8 Å². The van der Waals surface area contributed by atoms with Gasteiger partial charge in [0.1, 0.15) is 5.75 Å². The molecule has 0 fully saturated rings. The van der Waals surface area contributed by atoms with Crippen molar-refractivity contribution >= 4 is 10.2 Å². The summed E-state index contributed by atoms with van der Waals surface area (Å²) in [7, 11) is -0.210. The monoisotopic (exact) mass is 286 g/mol. The van der Waals surface area contributed by atoms with Gasteiger partial charge in [-0.15, -0.1) is 0 Å². The van der Waals surface area contributed by atoms with Crippen molar-refractivity contribution in [3.63, 3.8) is 0 Å². The molecule has 0 aromatic heterocycles. The van der Waals surface area contributed by atoms with Gasteiger partial charge in [-0.3, -0.25) is 0 Å². The summed E-state index contributed by atoms with van der Waals surface area (Å²) >= 11 is 0. The van der Waals surface area contributed by atoms with Crippen LogP contribution in [0.2, 0.25) is 0 Å². The van der Waals surface area contributed by atoms with Gasteiger partial charge >= 0.3 is 0 Å². The summed E-state index contributed by atoms with van der Waals surface area (Å²) < 4.78 is 32.5. The standard InChI is InChI=1S/C13H22N2O3S/c1-5-15(6-2)19(16,17)14(3)11-12-8-7-9-13(10-12)18-4/h7-10H,5-6,11H2,1-4H3. The van der Waals surface area contributed by atoms with E-state index in [0.29, 0.717) is 19.6 Å². The summed E-state index contributed by atoms with van der Waals surface area (Å²) in [4.78, 5) is 0. The molecule has 1 aromatic rings. The summed E-state index contributed by atoms with van der Waals surface area (Å²) in [5, 5.41) is 0. The number of hydrogen-bond acceptors (Lipinski definition) is 3. The molecule has 0 heterocycles. The maximum Gasteiger partial charge on any atom is 0.282 e. The van der Waals surface area contributed by atoms with Crippen molar-refractivity contribution in [2.45, 2.75) is 20.4 Å². The lowest BCUT2D eigenvalue weighted by molar-refractivity contribution is 0.373. The van der Waals surface area contributed by atoms with Gasteiger partial charge in [0.25, 0.3) is 10.2 Å². The van der Waals surface area contributed by atoms with E-state index < -0.39 is 10.2 Å². The summed E-state index contributed by atoms with van der Waals surface area (Å²) in [6.45, 7) is 4.94. The minimum absolute atomic E-state index is 0.329. The number of ether oxygens (including phenoxy) is 1. The topological polar surface area (TPSA) is 49.9 Å². The summed E-state index contributed by atoms with van der Waals surface area (Å²) in [5.41, 5.74) is 0.901. The quantitative estimate of drug-likeness (QED) is 0.767. The number of hydrogen-bond donors (Lipinski definition) is 0. The van der Waals surface area contributed by atoms with Crippen LogP contribution >= 0.6 is 0 Å². The Labute approximate surface area is 116 Å². The molecule has 0 radical (unpaired) electrons. The van der Waals surface area contributed by atoms with Crippen LogP contribution in [0, 0.1) is 0 Å². The Morgan fingerprint density at radius 3 is 2.37 bits per heavy atom. The van der Waals surface area contributed by atoms with E-state index in [1.165, 1.54) is 8.61 Å². The zero-order valence-electron chi connectivity index (χ0n) is 12.0. The lowest BCUT2D eigenvalue weighted by Gasteiger charge is -2.25. The van der Waals surface area contributed by atoms with Crippen LogP contribution in [0.3, 0.4) is 0 Å². The summed E-state index contributed by atoms with van der Waals surface area (Å²) in [5.74, 6) is 0.728. The van der Waals surface area contributed by atoms with E-state index in [1.807, 2.05) is 38.1 Å². The zero-order chi connectivity index (χ0) is 14.5. The number of methoxy groups -OCH3 is 1. The smallest absolute Gasteiger partial charge is 0.282 e. The van der Waals surface area contributed by atoms with E-state index in [4.69, 9.17) is 4.74 Å². The van der Waals surface area contributed by atoms with E-state index in [1.54, 1.807) is 14.2 Å². The Morgan fingerprint density at radius 2 is 1.84 bits per heavy atom. The molecule has 1 rings (SSSR count). The molecule has 0 aliphatic carbocycles. The average molecular weight is 286 g/mol. The van der Waals surface area contributed by atoms with Gasteiger partial charge in [-0.2, -0.15) is 17.0 Å². The fourth-order valence-electron chi connectivity index (χ4n) is 1.86. The third-order valence-corrected chi connectivity index (χ3v) is 5.05. The lowest BCUT2D eigenvalue weighted by atomic mass is 10.2. The lowest BCUT2D eigenvalue weighted by Crippen LogP contribution is -2.41. The van der Waals surface area contributed by atoms with Gasteiger partial charge in [0, 0.05) is 26.7 Å². The van der Waals surface area contributed by atoms with E-state index >= 15 is 0 Å². The summed E-state index contributed by atoms with van der Waals surface area (Å²) in [6.07, 6.45) is 0. The van der Waals surface area contributed by atoms with E-state index in [9.17, 15) is 8.42 Å². The highest BCUT2D eigenvalue weighted by molar-refractivity contribution is 7.86. The van der Waals surface area contributed by atoms with Crippen LogP contribution in [0.15, 0.2) is 24.3 Å². The van der Waals surface area contributed by atoms with Crippen LogP contribution in [0.4, 0.5) is 0 Å². The fraction of sp³-hybridized carbons (Fsp3) is 0.538. The molecule has 0 amide bonds. The molecule has 108 valence electrons. The van der Waals surface area contributed by atoms with Crippen LogP contribution in [0.1, 0.15) is 19.4 Å². The number of nitrogens with zero attached hydrogens (tertiary/aromatic N) is 2. The normalized spacial score (nSPS) is 12.1. The Kier molecular flexibility index (Phi) is 5.78. The van der Waals surface area contributed by atoms with Crippen LogP contribution in [0.5, 0.6) is 5.75 Å². The van der Waals surface area contributed by atoms with E-state index in [-0.39, 0.29) is 0 Å². The number of rotatable bonds is 7. The second kappa shape index (κ2) is 6.88. The van der Waals surface area contributed by atoms with Gasteiger partial charge in [0.05, 0.1) is 7.11 Å². The van der Waals surface area contributed by atoms with Crippen molar-refractivity contribution in [3.8, 4) is 5.75 Å². The Bertz CT molecular complexity index is 498. The Morgan fingerprint density at radius 1 is 1.21 bits per heavy atom. The van der Waals surface area contributed by atoms with Crippen LogP contribution in [0.25, 0.3) is 0 Å². The molecule has 0 saturated carbocycles. The first kappa shape index (κ1) is 15.9. The van der Waals surface area contributed by atoms with Crippen LogP contribution in [-0.4, -0.2) is 44.3 Å². The van der Waals surface area contributed by atoms with E-state index in [0.717, 1.165) is 11.3 Å². The van der Waals surface area contributed by atoms with Crippen molar-refractivity contribution < 1.29 is 13.2 Å². The highest BCUT2D eigenvalue weighted by Crippen LogP contribution is 2.16. The van der Waals surface area contributed by atoms with Crippen molar-refractivity contribution in [1.29, 1.82) is 0 Å². The second-order valence-electron chi connectivity index (χ2n) is 4.20. The molecule has 0 atom stereocenters. The zero-order valence-corrected chi connectivity index (χ0v) is 12.8. The molecule has 0 saturated heterocycles. The average Bonchev–Trinajstić information content (AvgIpc) is 2.40. The van der Waals surface area contributed by atoms with E-state index in [2.05, 4.69) is 0 Å². The first-order chi connectivity index (χ1) is 8.95. The molecule has 5 nitrogen and oxygen atoms in total. The highest BCUT2D eigenvalue weighted by atomic mass is 32.2. The third kappa shape index (κ3) is 3.92. The first-order valence-electron chi connectivity index (χ1n) is 6.30. The molecule has 0 aliphatic rings. The van der Waals surface area contributed by atoms with Crippen molar-refractivity contribution in [1.82, 2.24) is 8.61 Å². The summed E-state index contributed by atoms with van der Waals surface area (Å²) in [6, 6.07) is 7.42. The predicted octanol–water partition coefficient (Wildman–Crippen LogP) is 1.71. The molecular formula is C13H22N2O3S. The van der Waals surface area contributed by atoms with Gasteiger partial charge in [-0.1, -0.05) is 26.0 Å². The number of benzene rings is 1. The second-order valence-corrected chi connectivity index (χ2v) is 6.24. The van der Waals surface area contributed by atoms with Crippen LogP contribution < -0.4 is 4.74 Å². The molecule has 0 unspecified atom stereocenters. The molecule has 0 aliphatic heterocycles. The van der Waals surface area contributed by atoms with Gasteiger partial charge in [-0.05, 0) is 17.7 Å². The molecule has 1 aromatic carbocycles. The van der Waals surface area contributed by atoms with Gasteiger partial charge in [0.15, 0.2) is 0 Å². The van der Waals surface area contributed by atoms with Crippen molar-refractivity contribution in [2.24, 2.45) is 0 Å². The first-order valence-corrected chi connectivity index (χ1v) is 7.69. The minimum atomic E-state index is -3.39. The predicted molar refractivity (Wildman–Crippen MR) is 76.3 cm³/mol. The van der Waals surface area contributed by atoms with Gasteiger partial charge in [0.2, 0.25) is 0 Å². The molecule has 0 bridgehead atoms. The van der Waals surface area contributed by atoms with Crippen molar-refractivity contribution in [2.75, 3.05) is 27.2 Å². The highest BCUT2D eigenvalue weighted by Gasteiger charge is 2.24. The molecule has 19 heavy (non-hydrogen) atoms.